The first-order chi connectivity index (χ1) is 9.66. The van der Waals surface area contributed by atoms with Crippen molar-refractivity contribution in [3.63, 3.8) is 0 Å². The Morgan fingerprint density at radius 2 is 2.25 bits per heavy atom. The van der Waals surface area contributed by atoms with Crippen LogP contribution in [0, 0.1) is 5.92 Å². The third-order valence-corrected chi connectivity index (χ3v) is 3.45. The lowest BCUT2D eigenvalue weighted by Gasteiger charge is -2.35. The van der Waals surface area contributed by atoms with Crippen molar-refractivity contribution in [2.75, 3.05) is 32.8 Å². The number of H-pyrrole nitrogens is 1. The van der Waals surface area contributed by atoms with Gasteiger partial charge in [0.2, 0.25) is 0 Å². The summed E-state index contributed by atoms with van der Waals surface area (Å²) < 4.78 is 5.39. The Morgan fingerprint density at radius 1 is 1.50 bits per heavy atom. The molecule has 0 aliphatic carbocycles. The van der Waals surface area contributed by atoms with Gasteiger partial charge in [-0.05, 0) is 12.3 Å². The highest BCUT2D eigenvalue weighted by Crippen LogP contribution is 2.13. The third-order valence-electron chi connectivity index (χ3n) is 3.45. The molecule has 1 amide bonds. The fraction of sp³-hybridized carbons (Fsp3) is 0.769. The number of hydrogen-bond acceptors (Lipinski definition) is 5. The van der Waals surface area contributed by atoms with Gasteiger partial charge in [0.1, 0.15) is 0 Å². The Morgan fingerprint density at radius 3 is 2.85 bits per heavy atom. The Labute approximate surface area is 119 Å². The van der Waals surface area contributed by atoms with Gasteiger partial charge in [-0.1, -0.05) is 13.8 Å². The second-order valence-electron chi connectivity index (χ2n) is 5.50. The molecule has 0 aromatic carbocycles. The smallest absolute Gasteiger partial charge is 0.273 e. The van der Waals surface area contributed by atoms with Crippen LogP contribution in [0.15, 0.2) is 6.20 Å². The SMILES string of the molecule is CC(C)CC(CNC(=O)c1cn[nH]n1)N1CCOCC1. The van der Waals surface area contributed by atoms with Crippen LogP contribution in [0.5, 0.6) is 0 Å². The lowest BCUT2D eigenvalue weighted by Crippen LogP contribution is -2.49. The van der Waals surface area contributed by atoms with Crippen molar-refractivity contribution < 1.29 is 9.53 Å². The molecule has 0 bridgehead atoms. The van der Waals surface area contributed by atoms with Gasteiger partial charge in [0, 0.05) is 25.7 Å². The van der Waals surface area contributed by atoms with Gasteiger partial charge < -0.3 is 10.1 Å². The zero-order valence-corrected chi connectivity index (χ0v) is 12.1. The Hall–Kier alpha value is -1.47. The van der Waals surface area contributed by atoms with Gasteiger partial charge in [-0.25, -0.2) is 0 Å². The zero-order chi connectivity index (χ0) is 14.4. The minimum atomic E-state index is -0.180. The number of amides is 1. The average Bonchev–Trinajstić information content (AvgIpc) is 2.98. The summed E-state index contributed by atoms with van der Waals surface area (Å²) in [6.45, 7) is 8.43. The summed E-state index contributed by atoms with van der Waals surface area (Å²) in [6.07, 6.45) is 2.49. The molecule has 20 heavy (non-hydrogen) atoms. The van der Waals surface area contributed by atoms with Crippen molar-refractivity contribution in [1.29, 1.82) is 0 Å². The topological polar surface area (TPSA) is 83.1 Å². The molecule has 2 rings (SSSR count). The van der Waals surface area contributed by atoms with Crippen molar-refractivity contribution in [3.8, 4) is 0 Å². The summed E-state index contributed by atoms with van der Waals surface area (Å²) in [6, 6.07) is 0.342. The van der Waals surface area contributed by atoms with Gasteiger partial charge in [0.25, 0.3) is 5.91 Å². The number of rotatable bonds is 6. The van der Waals surface area contributed by atoms with E-state index in [4.69, 9.17) is 4.74 Å². The molecular weight excluding hydrogens is 258 g/mol. The highest BCUT2D eigenvalue weighted by atomic mass is 16.5. The van der Waals surface area contributed by atoms with Crippen molar-refractivity contribution >= 4 is 5.91 Å². The quantitative estimate of drug-likeness (QED) is 0.782. The maximum absolute atomic E-state index is 11.9. The molecule has 7 nitrogen and oxygen atoms in total. The molecule has 0 saturated carbocycles. The van der Waals surface area contributed by atoms with E-state index in [9.17, 15) is 4.79 Å². The molecule has 1 unspecified atom stereocenters. The van der Waals surface area contributed by atoms with Crippen LogP contribution < -0.4 is 5.32 Å². The van der Waals surface area contributed by atoms with E-state index in [1.54, 1.807) is 0 Å². The van der Waals surface area contributed by atoms with E-state index in [0.29, 0.717) is 24.2 Å². The number of carbonyl (C=O) groups is 1. The van der Waals surface area contributed by atoms with E-state index in [1.165, 1.54) is 6.20 Å². The fourth-order valence-electron chi connectivity index (χ4n) is 2.46. The minimum absolute atomic E-state index is 0.180. The monoisotopic (exact) mass is 281 g/mol. The fourth-order valence-corrected chi connectivity index (χ4v) is 2.46. The number of hydrogen-bond donors (Lipinski definition) is 2. The number of carbonyl (C=O) groups excluding carboxylic acids is 1. The Bertz CT molecular complexity index is 401. The molecule has 1 fully saturated rings. The zero-order valence-electron chi connectivity index (χ0n) is 12.1. The Balaban J connectivity index is 1.88. The largest absolute Gasteiger partial charge is 0.379 e. The van der Waals surface area contributed by atoms with Crippen LogP contribution in [0.3, 0.4) is 0 Å². The first-order valence-electron chi connectivity index (χ1n) is 7.12. The molecule has 2 N–H and O–H groups in total. The molecule has 1 aliphatic rings. The molecule has 2 heterocycles. The number of nitrogens with zero attached hydrogens (tertiary/aromatic N) is 3. The Kier molecular flexibility index (Phi) is 5.49. The van der Waals surface area contributed by atoms with E-state index in [1.807, 2.05) is 0 Å². The van der Waals surface area contributed by atoms with E-state index in [2.05, 4.69) is 39.5 Å². The summed E-state index contributed by atoms with van der Waals surface area (Å²) in [5, 5.41) is 12.8. The number of aromatic nitrogens is 3. The van der Waals surface area contributed by atoms with Gasteiger partial charge in [-0.3, -0.25) is 9.69 Å². The van der Waals surface area contributed by atoms with Crippen LogP contribution in [-0.4, -0.2) is 65.1 Å². The first-order valence-corrected chi connectivity index (χ1v) is 7.12. The number of aromatic amines is 1. The molecule has 7 heteroatoms. The molecule has 0 spiro atoms. The highest BCUT2D eigenvalue weighted by Gasteiger charge is 2.22. The van der Waals surface area contributed by atoms with Gasteiger partial charge in [-0.15, -0.1) is 0 Å². The second kappa shape index (κ2) is 7.35. The summed E-state index contributed by atoms with van der Waals surface area (Å²) in [5.74, 6) is 0.410. The maximum Gasteiger partial charge on any atom is 0.273 e. The van der Waals surface area contributed by atoms with Crippen molar-refractivity contribution in [3.05, 3.63) is 11.9 Å². The van der Waals surface area contributed by atoms with Crippen LogP contribution >= 0.6 is 0 Å². The van der Waals surface area contributed by atoms with Crippen LogP contribution in [0.4, 0.5) is 0 Å². The summed E-state index contributed by atoms with van der Waals surface area (Å²) in [5.41, 5.74) is 0.329. The van der Waals surface area contributed by atoms with Crippen molar-refractivity contribution in [2.45, 2.75) is 26.3 Å². The molecule has 1 aromatic rings. The third kappa shape index (κ3) is 4.28. The average molecular weight is 281 g/mol. The predicted molar refractivity (Wildman–Crippen MR) is 74.4 cm³/mol. The van der Waals surface area contributed by atoms with Gasteiger partial charge in [0.05, 0.1) is 19.4 Å². The van der Waals surface area contributed by atoms with E-state index >= 15 is 0 Å². The molecule has 1 aromatic heterocycles. The predicted octanol–water partition coefficient (Wildman–Crippen LogP) is 0.281. The van der Waals surface area contributed by atoms with Gasteiger partial charge in [0.15, 0.2) is 5.69 Å². The molecule has 1 aliphatic heterocycles. The molecule has 1 saturated heterocycles. The molecule has 1 atom stereocenters. The van der Waals surface area contributed by atoms with Crippen LogP contribution in [-0.2, 0) is 4.74 Å². The van der Waals surface area contributed by atoms with Gasteiger partial charge >= 0.3 is 0 Å². The van der Waals surface area contributed by atoms with Crippen LogP contribution in [0.2, 0.25) is 0 Å². The van der Waals surface area contributed by atoms with Crippen LogP contribution in [0.1, 0.15) is 30.8 Å². The summed E-state index contributed by atoms with van der Waals surface area (Å²) >= 11 is 0. The molecular formula is C13H23N5O2. The number of morpholine rings is 1. The number of nitrogens with one attached hydrogen (secondary N) is 2. The summed E-state index contributed by atoms with van der Waals surface area (Å²) in [4.78, 5) is 14.3. The minimum Gasteiger partial charge on any atom is -0.379 e. The van der Waals surface area contributed by atoms with Crippen molar-refractivity contribution in [1.82, 2.24) is 25.6 Å². The van der Waals surface area contributed by atoms with E-state index < -0.39 is 0 Å². The maximum atomic E-state index is 11.9. The van der Waals surface area contributed by atoms with Crippen LogP contribution in [0.25, 0.3) is 0 Å². The van der Waals surface area contributed by atoms with Gasteiger partial charge in [-0.2, -0.15) is 15.4 Å². The first kappa shape index (κ1) is 14.9. The highest BCUT2D eigenvalue weighted by molar-refractivity contribution is 5.91. The van der Waals surface area contributed by atoms with Crippen molar-refractivity contribution in [2.24, 2.45) is 5.92 Å². The molecule has 0 radical (unpaired) electrons. The van der Waals surface area contributed by atoms with E-state index in [0.717, 1.165) is 32.7 Å². The number of ether oxygens (including phenoxy) is 1. The standard InChI is InChI=1S/C13H23N5O2/c1-10(2)7-11(18-3-5-20-6-4-18)8-14-13(19)12-9-15-17-16-12/h9-11H,3-8H2,1-2H3,(H,14,19)(H,15,16,17). The second-order valence-corrected chi connectivity index (χ2v) is 5.50. The summed E-state index contributed by atoms with van der Waals surface area (Å²) in [7, 11) is 0. The normalized spacial score (nSPS) is 18.1. The van der Waals surface area contributed by atoms with E-state index in [-0.39, 0.29) is 5.91 Å². The molecule has 112 valence electrons. The lowest BCUT2D eigenvalue weighted by molar-refractivity contribution is 0.0124. The lowest BCUT2D eigenvalue weighted by atomic mass is 10.0.